The Balaban J connectivity index is 2.83. The van der Waals surface area contributed by atoms with Crippen LogP contribution in [0.25, 0.3) is 0 Å². The lowest BCUT2D eigenvalue weighted by molar-refractivity contribution is -0.430. The number of carbonyl (C=O) groups is 1. The second-order valence-corrected chi connectivity index (χ2v) is 5.15. The maximum Gasteiger partial charge on any atom is 0.115 e. The number of aliphatic carboxylic acids is 1. The van der Waals surface area contributed by atoms with Crippen LogP contribution < -0.4 is 10.8 Å². The van der Waals surface area contributed by atoms with E-state index in [0.29, 0.717) is 0 Å². The fourth-order valence-corrected chi connectivity index (χ4v) is 1.57. The van der Waals surface area contributed by atoms with E-state index in [-0.39, 0.29) is 17.9 Å². The van der Waals surface area contributed by atoms with Crippen molar-refractivity contribution in [3.05, 3.63) is 35.4 Å². The van der Waals surface area contributed by atoms with Crippen molar-refractivity contribution < 1.29 is 15.6 Å². The van der Waals surface area contributed by atoms with E-state index < -0.39 is 5.97 Å². The van der Waals surface area contributed by atoms with Crippen molar-refractivity contribution in [2.45, 2.75) is 38.6 Å². The van der Waals surface area contributed by atoms with Gasteiger partial charge in [-0.05, 0) is 11.0 Å². The summed E-state index contributed by atoms with van der Waals surface area (Å²) in [5.41, 5.74) is 6.11. The summed E-state index contributed by atoms with van der Waals surface area (Å²) in [7, 11) is 0. The first-order chi connectivity index (χ1) is 7.30. The molecular weight excluding hydrogens is 202 g/mol. The van der Waals surface area contributed by atoms with Crippen LogP contribution >= 0.6 is 0 Å². The summed E-state index contributed by atoms with van der Waals surface area (Å²) in [5.74, 6) is -1.06. The fraction of sp³-hybridized carbons (Fsp3) is 0.462. The fourth-order valence-electron chi connectivity index (χ4n) is 1.57. The average molecular weight is 221 g/mol. The molecule has 3 N–H and O–H groups in total. The molecule has 1 aromatic rings. The van der Waals surface area contributed by atoms with Crippen LogP contribution in [0.15, 0.2) is 24.3 Å². The zero-order valence-electron chi connectivity index (χ0n) is 10.1. The molecule has 0 aliphatic heterocycles. The molecule has 0 saturated carbocycles. The molecular formula is C13H19NO2. The van der Waals surface area contributed by atoms with Crippen molar-refractivity contribution in [1.82, 2.24) is 0 Å². The predicted molar refractivity (Wildman–Crippen MR) is 60.4 cm³/mol. The van der Waals surface area contributed by atoms with E-state index in [9.17, 15) is 9.90 Å². The number of hydrogen-bond donors (Lipinski definition) is 1. The molecule has 0 unspecified atom stereocenters. The van der Waals surface area contributed by atoms with Crippen LogP contribution in [-0.2, 0) is 10.2 Å². The van der Waals surface area contributed by atoms with Crippen LogP contribution in [-0.4, -0.2) is 5.97 Å². The first-order valence-electron chi connectivity index (χ1n) is 5.44. The summed E-state index contributed by atoms with van der Waals surface area (Å²) in [5, 5.41) is 10.5. The summed E-state index contributed by atoms with van der Waals surface area (Å²) in [6.07, 6.45) is -0.0329. The minimum absolute atomic E-state index is 0.0329. The minimum Gasteiger partial charge on any atom is -0.550 e. The van der Waals surface area contributed by atoms with E-state index in [0.717, 1.165) is 5.56 Å². The van der Waals surface area contributed by atoms with Gasteiger partial charge < -0.3 is 15.6 Å². The first-order valence-corrected chi connectivity index (χ1v) is 5.44. The third-order valence-corrected chi connectivity index (χ3v) is 2.66. The summed E-state index contributed by atoms with van der Waals surface area (Å²) in [6.45, 7) is 6.43. The highest BCUT2D eigenvalue weighted by molar-refractivity contribution is 5.65. The maximum atomic E-state index is 10.5. The summed E-state index contributed by atoms with van der Waals surface area (Å²) < 4.78 is 0. The molecule has 0 amide bonds. The number of quaternary nitrogens is 1. The maximum absolute atomic E-state index is 10.5. The van der Waals surface area contributed by atoms with Gasteiger partial charge in [0.15, 0.2) is 0 Å². The van der Waals surface area contributed by atoms with Gasteiger partial charge in [0.05, 0.1) is 0 Å². The van der Waals surface area contributed by atoms with Crippen LogP contribution in [0.1, 0.15) is 44.4 Å². The van der Waals surface area contributed by atoms with Crippen molar-refractivity contribution in [3.63, 3.8) is 0 Å². The second-order valence-electron chi connectivity index (χ2n) is 5.15. The van der Waals surface area contributed by atoms with Crippen molar-refractivity contribution in [2.24, 2.45) is 0 Å². The van der Waals surface area contributed by atoms with Crippen molar-refractivity contribution in [3.8, 4) is 0 Å². The SMILES string of the molecule is CC(C)(C)c1ccc([C@H]([NH3+])CC(=O)[O-])cc1. The lowest BCUT2D eigenvalue weighted by Gasteiger charge is -2.19. The number of benzene rings is 1. The molecule has 88 valence electrons. The highest BCUT2D eigenvalue weighted by Gasteiger charge is 2.15. The van der Waals surface area contributed by atoms with E-state index in [1.807, 2.05) is 24.3 Å². The summed E-state index contributed by atoms with van der Waals surface area (Å²) >= 11 is 0. The Hall–Kier alpha value is -1.35. The van der Waals surface area contributed by atoms with Crippen LogP contribution in [0.5, 0.6) is 0 Å². The third kappa shape index (κ3) is 3.35. The van der Waals surface area contributed by atoms with E-state index in [1.165, 1.54) is 5.56 Å². The van der Waals surface area contributed by atoms with Gasteiger partial charge in [-0.15, -0.1) is 0 Å². The molecule has 1 aromatic carbocycles. The monoisotopic (exact) mass is 221 g/mol. The topological polar surface area (TPSA) is 67.8 Å². The minimum atomic E-state index is -1.06. The van der Waals surface area contributed by atoms with Gasteiger partial charge in [0.25, 0.3) is 0 Å². The Morgan fingerprint density at radius 3 is 2.19 bits per heavy atom. The van der Waals surface area contributed by atoms with Crippen molar-refractivity contribution >= 4 is 5.97 Å². The molecule has 0 radical (unpaired) electrons. The van der Waals surface area contributed by atoms with Crippen LogP contribution in [0.3, 0.4) is 0 Å². The number of carboxylic acids is 1. The summed E-state index contributed by atoms with van der Waals surface area (Å²) in [6, 6.07) is 7.72. The Kier molecular flexibility index (Phi) is 3.70. The Morgan fingerprint density at radius 1 is 1.31 bits per heavy atom. The number of carbonyl (C=O) groups excluding carboxylic acids is 1. The molecule has 3 heteroatoms. The highest BCUT2D eigenvalue weighted by atomic mass is 16.4. The van der Waals surface area contributed by atoms with Crippen molar-refractivity contribution in [1.29, 1.82) is 0 Å². The van der Waals surface area contributed by atoms with E-state index >= 15 is 0 Å². The smallest absolute Gasteiger partial charge is 0.115 e. The molecule has 3 nitrogen and oxygen atoms in total. The van der Waals surface area contributed by atoms with Gasteiger partial charge in [-0.25, -0.2) is 0 Å². The van der Waals surface area contributed by atoms with Gasteiger partial charge >= 0.3 is 0 Å². The molecule has 16 heavy (non-hydrogen) atoms. The van der Waals surface area contributed by atoms with Gasteiger partial charge in [0.2, 0.25) is 0 Å². The lowest BCUT2D eigenvalue weighted by Crippen LogP contribution is -2.55. The number of hydrogen-bond acceptors (Lipinski definition) is 2. The number of rotatable bonds is 3. The summed E-state index contributed by atoms with van der Waals surface area (Å²) in [4.78, 5) is 10.5. The average Bonchev–Trinajstić information content (AvgIpc) is 2.15. The van der Waals surface area contributed by atoms with E-state index in [2.05, 4.69) is 26.5 Å². The molecule has 0 fully saturated rings. The molecule has 0 aliphatic carbocycles. The molecule has 0 aliphatic rings. The lowest BCUT2D eigenvalue weighted by atomic mass is 9.86. The second kappa shape index (κ2) is 4.66. The first kappa shape index (κ1) is 12.7. The molecule has 0 spiro atoms. The molecule has 1 rings (SSSR count). The van der Waals surface area contributed by atoms with E-state index in [4.69, 9.17) is 0 Å². The standard InChI is InChI=1S/C13H19NO2/c1-13(2,3)10-6-4-9(5-7-10)11(14)8-12(15)16/h4-7,11H,8,14H2,1-3H3,(H,15,16)/t11-/m1/s1. The molecule has 1 atom stereocenters. The Bertz CT molecular complexity index is 363. The molecule has 0 bridgehead atoms. The van der Waals surface area contributed by atoms with Crippen molar-refractivity contribution in [2.75, 3.05) is 0 Å². The van der Waals surface area contributed by atoms with Gasteiger partial charge in [0.1, 0.15) is 6.04 Å². The molecule has 0 heterocycles. The van der Waals surface area contributed by atoms with Gasteiger partial charge in [-0.1, -0.05) is 45.0 Å². The van der Waals surface area contributed by atoms with Gasteiger partial charge in [0, 0.05) is 18.0 Å². The highest BCUT2D eigenvalue weighted by Crippen LogP contribution is 2.23. The quantitative estimate of drug-likeness (QED) is 0.803. The normalized spacial score (nSPS) is 13.5. The zero-order valence-corrected chi connectivity index (χ0v) is 10.1. The molecule has 0 aromatic heterocycles. The zero-order chi connectivity index (χ0) is 12.3. The van der Waals surface area contributed by atoms with Crippen LogP contribution in [0.2, 0.25) is 0 Å². The third-order valence-electron chi connectivity index (χ3n) is 2.66. The van der Waals surface area contributed by atoms with Gasteiger partial charge in [-0.3, -0.25) is 0 Å². The largest absolute Gasteiger partial charge is 0.550 e. The predicted octanol–water partition coefficient (Wildman–Crippen LogP) is 0.407. The Labute approximate surface area is 96.3 Å². The van der Waals surface area contributed by atoms with Crippen LogP contribution in [0, 0.1) is 0 Å². The van der Waals surface area contributed by atoms with Crippen LogP contribution in [0.4, 0.5) is 0 Å². The number of carboxylic acid groups (broad SMARTS) is 1. The van der Waals surface area contributed by atoms with E-state index in [1.54, 1.807) is 0 Å². The molecule has 0 saturated heterocycles. The Morgan fingerprint density at radius 2 is 1.81 bits per heavy atom. The van der Waals surface area contributed by atoms with Gasteiger partial charge in [-0.2, -0.15) is 0 Å².